The van der Waals surface area contributed by atoms with E-state index in [0.717, 1.165) is 30.5 Å². The van der Waals surface area contributed by atoms with Crippen LogP contribution in [0.3, 0.4) is 0 Å². The molecule has 0 spiro atoms. The molecule has 0 atom stereocenters. The van der Waals surface area contributed by atoms with Crippen molar-refractivity contribution in [1.82, 2.24) is 0 Å². The zero-order chi connectivity index (χ0) is 18.5. The summed E-state index contributed by atoms with van der Waals surface area (Å²) < 4.78 is 0. The third kappa shape index (κ3) is 8.11. The molecule has 0 N–H and O–H groups in total. The number of carbonyl (C=O) groups is 1. The Morgan fingerprint density at radius 3 is 2.48 bits per heavy atom. The first-order valence-corrected chi connectivity index (χ1v) is 9.70. The Hall–Kier alpha value is -1.96. The van der Waals surface area contributed by atoms with Gasteiger partial charge in [-0.15, -0.1) is 0 Å². The highest BCUT2D eigenvalue weighted by Crippen LogP contribution is 2.20. The second kappa shape index (κ2) is 12.4. The smallest absolute Gasteiger partial charge is 0.130 e. The van der Waals surface area contributed by atoms with E-state index in [1.54, 1.807) is 6.92 Å². The Bertz CT molecular complexity index is 612. The first-order chi connectivity index (χ1) is 12.2. The molecule has 1 aromatic rings. The zero-order valence-corrected chi connectivity index (χ0v) is 16.3. The van der Waals surface area contributed by atoms with Crippen molar-refractivity contribution in [2.45, 2.75) is 72.6 Å². The Kier molecular flexibility index (Phi) is 10.5. The highest BCUT2D eigenvalue weighted by Gasteiger charge is 2.05. The molecule has 25 heavy (non-hydrogen) atoms. The summed E-state index contributed by atoms with van der Waals surface area (Å²) in [6, 6.07) is 8.83. The minimum atomic E-state index is 0. The monoisotopic (exact) mass is 341 g/mol. The lowest BCUT2D eigenvalue weighted by atomic mass is 10.0. The number of aliphatic imine (C=N–C) groups is 1. The van der Waals surface area contributed by atoms with Crippen LogP contribution in [-0.4, -0.2) is 11.5 Å². The van der Waals surface area contributed by atoms with E-state index in [-0.39, 0.29) is 7.21 Å². The van der Waals surface area contributed by atoms with Crippen LogP contribution in [0.5, 0.6) is 0 Å². The van der Waals surface area contributed by atoms with E-state index in [2.05, 4.69) is 48.3 Å². The van der Waals surface area contributed by atoms with Crippen LogP contribution in [0.4, 0.5) is 0 Å². The number of allylic oxidation sites excluding steroid dienone is 3. The minimum Gasteiger partial charge on any atom is -0.300 e. The zero-order valence-electron chi connectivity index (χ0n) is 16.3. The third-order valence-electron chi connectivity index (χ3n) is 4.16. The summed E-state index contributed by atoms with van der Waals surface area (Å²) in [5.74, 6) is 0.226. The lowest BCUT2D eigenvalue weighted by molar-refractivity contribution is -0.116. The molecule has 0 aliphatic carbocycles. The summed E-state index contributed by atoms with van der Waals surface area (Å²) >= 11 is 0. The second-order valence-corrected chi connectivity index (χ2v) is 6.24. The molecule has 0 aromatic heterocycles. The van der Waals surface area contributed by atoms with Crippen LogP contribution >= 0.6 is 0 Å². The molecule has 0 radical (unpaired) electrons. The predicted molar refractivity (Wildman–Crippen MR) is 112 cm³/mol. The quantitative estimate of drug-likeness (QED) is 0.478. The number of nitrogens with zero attached hydrogens (tertiary/aromatic N) is 1. The molecule has 0 unspecified atom stereocenters. The van der Waals surface area contributed by atoms with Gasteiger partial charge in [0.25, 0.3) is 0 Å². The largest absolute Gasteiger partial charge is 0.300 e. The standard InChI is InChI=1S/C21H27NO.C2H6.H2/c1-3-4-5-7-18-11-13-19(14-12-18)20-8-6-9-21(22-16-20)15-10-17(2)23;1-2;/h6,8,11-14,16H,3-5,7,9-10,15H2,1-2H3;1-2H3;1H. The van der Waals surface area contributed by atoms with Crippen LogP contribution in [0, 0.1) is 0 Å². The van der Waals surface area contributed by atoms with E-state index in [9.17, 15) is 4.79 Å². The number of Topliss-reactive ketones (excluding diaryl/α,β-unsaturated/α-hetero) is 1. The van der Waals surface area contributed by atoms with Gasteiger partial charge < -0.3 is 4.79 Å². The van der Waals surface area contributed by atoms with Crippen molar-refractivity contribution in [3.8, 4) is 0 Å². The summed E-state index contributed by atoms with van der Waals surface area (Å²) in [7, 11) is 0. The number of hydrogen-bond donors (Lipinski definition) is 0. The molecule has 138 valence electrons. The predicted octanol–water partition coefficient (Wildman–Crippen LogP) is 6.80. The number of hydrogen-bond acceptors (Lipinski definition) is 2. The summed E-state index contributed by atoms with van der Waals surface area (Å²) in [5.41, 5.74) is 4.84. The van der Waals surface area contributed by atoms with Gasteiger partial charge in [-0.1, -0.05) is 70.0 Å². The maximum absolute atomic E-state index is 11.1. The highest BCUT2D eigenvalue weighted by molar-refractivity contribution is 5.92. The normalized spacial score (nSPS) is 13.3. The van der Waals surface area contributed by atoms with Crippen molar-refractivity contribution in [1.29, 1.82) is 0 Å². The van der Waals surface area contributed by atoms with Crippen LogP contribution in [0.15, 0.2) is 47.6 Å². The van der Waals surface area contributed by atoms with Gasteiger partial charge in [-0.05, 0) is 42.9 Å². The Morgan fingerprint density at radius 1 is 1.12 bits per heavy atom. The van der Waals surface area contributed by atoms with Crippen LogP contribution in [0.1, 0.15) is 78.8 Å². The van der Waals surface area contributed by atoms with E-state index >= 15 is 0 Å². The summed E-state index contributed by atoms with van der Waals surface area (Å²) in [6.07, 6.45) is 13.4. The Morgan fingerprint density at radius 2 is 1.84 bits per heavy atom. The van der Waals surface area contributed by atoms with Gasteiger partial charge in [0.2, 0.25) is 0 Å². The molecule has 0 saturated heterocycles. The number of benzene rings is 1. The average molecular weight is 342 g/mol. The van der Waals surface area contributed by atoms with Gasteiger partial charge >= 0.3 is 0 Å². The van der Waals surface area contributed by atoms with Gasteiger partial charge in [0.15, 0.2) is 0 Å². The topological polar surface area (TPSA) is 29.4 Å². The Balaban J connectivity index is 0.00000201. The van der Waals surface area contributed by atoms with E-state index in [1.165, 1.54) is 30.4 Å². The first-order valence-electron chi connectivity index (χ1n) is 9.70. The fraction of sp³-hybridized carbons (Fsp3) is 0.478. The molecule has 0 fully saturated rings. The molecule has 0 amide bonds. The molecule has 1 aromatic carbocycles. The lowest BCUT2D eigenvalue weighted by Crippen LogP contribution is -1.99. The van der Waals surface area contributed by atoms with Gasteiger partial charge in [-0.25, -0.2) is 0 Å². The Labute approximate surface area is 155 Å². The maximum Gasteiger partial charge on any atom is 0.130 e. The van der Waals surface area contributed by atoms with Crippen LogP contribution in [0.2, 0.25) is 0 Å². The molecule has 2 nitrogen and oxygen atoms in total. The van der Waals surface area contributed by atoms with Gasteiger partial charge in [0.1, 0.15) is 5.78 Å². The van der Waals surface area contributed by atoms with Gasteiger partial charge in [0, 0.05) is 26.2 Å². The van der Waals surface area contributed by atoms with Crippen LogP contribution in [0.25, 0.3) is 5.57 Å². The third-order valence-corrected chi connectivity index (χ3v) is 4.16. The highest BCUT2D eigenvalue weighted by atomic mass is 16.1. The van der Waals surface area contributed by atoms with Crippen molar-refractivity contribution in [3.63, 3.8) is 0 Å². The first kappa shape index (κ1) is 21.1. The number of aryl methyl sites for hydroxylation is 1. The van der Waals surface area contributed by atoms with E-state index in [1.807, 2.05) is 20.0 Å². The molecular weight excluding hydrogens is 306 g/mol. The molecule has 2 rings (SSSR count). The molecular formula is C23H35NO. The number of ketones is 1. The van der Waals surface area contributed by atoms with Gasteiger partial charge in [0.05, 0.1) is 0 Å². The van der Waals surface area contributed by atoms with Crippen molar-refractivity contribution >= 4 is 17.1 Å². The van der Waals surface area contributed by atoms with E-state index in [4.69, 9.17) is 0 Å². The van der Waals surface area contributed by atoms with Crippen molar-refractivity contribution in [2.75, 3.05) is 0 Å². The van der Waals surface area contributed by atoms with Crippen molar-refractivity contribution < 1.29 is 6.22 Å². The molecule has 0 saturated carbocycles. The molecule has 1 aliphatic heterocycles. The molecule has 0 bridgehead atoms. The van der Waals surface area contributed by atoms with Crippen molar-refractivity contribution in [2.24, 2.45) is 4.99 Å². The number of rotatable bonds is 8. The summed E-state index contributed by atoms with van der Waals surface area (Å²) in [6.45, 7) is 7.87. The fourth-order valence-corrected chi connectivity index (χ4v) is 2.68. The average Bonchev–Trinajstić information content (AvgIpc) is 2.88. The summed E-state index contributed by atoms with van der Waals surface area (Å²) in [5, 5.41) is 0. The second-order valence-electron chi connectivity index (χ2n) is 6.24. The van der Waals surface area contributed by atoms with Gasteiger partial charge in [-0.2, -0.15) is 0 Å². The molecule has 2 heteroatoms. The van der Waals surface area contributed by atoms with Crippen LogP contribution in [-0.2, 0) is 11.2 Å². The maximum atomic E-state index is 11.1. The van der Waals surface area contributed by atoms with Crippen molar-refractivity contribution in [3.05, 3.63) is 53.7 Å². The summed E-state index contributed by atoms with van der Waals surface area (Å²) in [4.78, 5) is 15.7. The van der Waals surface area contributed by atoms with Crippen LogP contribution < -0.4 is 0 Å². The number of unbranched alkanes of at least 4 members (excludes halogenated alkanes) is 2. The molecule has 1 aliphatic rings. The van der Waals surface area contributed by atoms with E-state index in [0.29, 0.717) is 6.42 Å². The lowest BCUT2D eigenvalue weighted by Gasteiger charge is -2.04. The number of carbonyl (C=O) groups excluding carboxylic acids is 1. The fourth-order valence-electron chi connectivity index (χ4n) is 2.68. The minimum absolute atomic E-state index is 0. The van der Waals surface area contributed by atoms with Gasteiger partial charge in [-0.3, -0.25) is 4.99 Å². The van der Waals surface area contributed by atoms with E-state index < -0.39 is 0 Å². The SMILES string of the molecule is CC.CCCCCc1ccc(C2=CN=C(CCC(C)=O)CC=C2)cc1.[HH]. The molecule has 1 heterocycles.